The Morgan fingerprint density at radius 2 is 2.11 bits per heavy atom. The molecule has 10 nitrogen and oxygen atoms in total. The number of fused-ring (bicyclic) bond motifs is 2. The Labute approximate surface area is 208 Å². The second kappa shape index (κ2) is 9.29. The molecule has 36 heavy (non-hydrogen) atoms. The van der Waals surface area contributed by atoms with Crippen LogP contribution in [0.25, 0.3) is 11.0 Å². The average molecular weight is 485 g/mol. The van der Waals surface area contributed by atoms with Gasteiger partial charge < -0.3 is 15.3 Å². The Morgan fingerprint density at radius 3 is 3.00 bits per heavy atom. The lowest BCUT2D eigenvalue weighted by atomic mass is 9.96. The van der Waals surface area contributed by atoms with Gasteiger partial charge in [-0.15, -0.1) is 5.10 Å². The highest BCUT2D eigenvalue weighted by Crippen LogP contribution is 2.26. The molecule has 2 aliphatic rings. The molecule has 1 saturated heterocycles. The van der Waals surface area contributed by atoms with E-state index in [9.17, 15) is 9.90 Å². The number of nitrogens with one attached hydrogen (secondary N) is 2. The van der Waals surface area contributed by atoms with E-state index in [1.54, 1.807) is 12.1 Å². The molecule has 6 rings (SSSR count). The highest BCUT2D eigenvalue weighted by Gasteiger charge is 2.36. The maximum Gasteiger partial charge on any atom is 0.253 e. The number of hydrogen-bond donors (Lipinski definition) is 3. The number of likely N-dealkylation sites (tertiary alicyclic amines) is 1. The lowest BCUT2D eigenvalue weighted by Crippen LogP contribution is -2.57. The quantitative estimate of drug-likeness (QED) is 0.404. The van der Waals surface area contributed by atoms with Crippen molar-refractivity contribution in [3.8, 4) is 0 Å². The predicted molar refractivity (Wildman–Crippen MR) is 135 cm³/mol. The highest BCUT2D eigenvalue weighted by molar-refractivity contribution is 5.97. The van der Waals surface area contributed by atoms with Crippen LogP contribution >= 0.6 is 0 Å². The van der Waals surface area contributed by atoms with Crippen LogP contribution in [0.3, 0.4) is 0 Å². The first-order valence-electron chi connectivity index (χ1n) is 12.2. The monoisotopic (exact) mass is 484 g/mol. The molecule has 2 aromatic carbocycles. The molecule has 0 aliphatic carbocycles. The maximum absolute atomic E-state index is 13.2. The Morgan fingerprint density at radius 1 is 1.19 bits per heavy atom. The van der Waals surface area contributed by atoms with Crippen LogP contribution in [0.1, 0.15) is 33.6 Å². The van der Waals surface area contributed by atoms with Crippen molar-refractivity contribution in [1.29, 1.82) is 0 Å². The number of carbonyl (C=O) groups is 1. The summed E-state index contributed by atoms with van der Waals surface area (Å²) in [5.74, 6) is 0.538. The number of aliphatic hydroxyl groups excluding tert-OH is 1. The van der Waals surface area contributed by atoms with E-state index in [4.69, 9.17) is 4.98 Å². The molecule has 2 unspecified atom stereocenters. The van der Waals surface area contributed by atoms with Gasteiger partial charge >= 0.3 is 0 Å². The summed E-state index contributed by atoms with van der Waals surface area (Å²) in [4.78, 5) is 26.6. The Bertz CT molecular complexity index is 1420. The lowest BCUT2D eigenvalue weighted by molar-refractivity contribution is -0.0128. The molecule has 4 aromatic rings. The molecule has 4 heterocycles. The summed E-state index contributed by atoms with van der Waals surface area (Å²) >= 11 is 0. The van der Waals surface area contributed by atoms with Crippen LogP contribution in [-0.2, 0) is 13.0 Å². The van der Waals surface area contributed by atoms with Crippen LogP contribution in [-0.4, -0.2) is 78.0 Å². The Balaban J connectivity index is 1.15. The fourth-order valence-electron chi connectivity index (χ4n) is 5.15. The van der Waals surface area contributed by atoms with Crippen molar-refractivity contribution >= 4 is 28.6 Å². The van der Waals surface area contributed by atoms with E-state index in [0.29, 0.717) is 43.1 Å². The number of hydrogen-bond acceptors (Lipinski definition) is 8. The number of aromatic nitrogens is 5. The van der Waals surface area contributed by atoms with Crippen molar-refractivity contribution < 1.29 is 9.90 Å². The standard InChI is InChI=1S/C26H28N8O2/c1-16-3-2-4-19(11-16)28-26-27-13-18-14-33(9-7-20(18)29-26)23-15-34(10-8-24(23)35)25(36)17-5-6-21-22(12-17)31-32-30-21/h2-6,11-13,23-24,35H,7-10,14-15H2,1H3,(H,27,28,29)(H,30,31,32). The number of carbonyl (C=O) groups excluding carboxylic acids is 1. The molecule has 3 N–H and O–H groups in total. The van der Waals surface area contributed by atoms with Crippen molar-refractivity contribution in [3.05, 3.63) is 71.0 Å². The summed E-state index contributed by atoms with van der Waals surface area (Å²) in [6.07, 6.45) is 2.69. The maximum atomic E-state index is 13.2. The third-order valence-electron chi connectivity index (χ3n) is 7.11. The molecule has 184 valence electrons. The number of anilines is 2. The second-order valence-corrected chi connectivity index (χ2v) is 9.60. The normalized spacial score (nSPS) is 20.3. The Hall–Kier alpha value is -3.89. The third kappa shape index (κ3) is 4.40. The molecule has 10 heteroatoms. The number of piperidine rings is 1. The fraction of sp³-hybridized carbons (Fsp3) is 0.346. The van der Waals surface area contributed by atoms with E-state index in [1.807, 2.05) is 29.3 Å². The summed E-state index contributed by atoms with van der Waals surface area (Å²) in [5.41, 5.74) is 6.26. The zero-order valence-corrected chi connectivity index (χ0v) is 20.1. The van der Waals surface area contributed by atoms with E-state index in [-0.39, 0.29) is 11.9 Å². The second-order valence-electron chi connectivity index (χ2n) is 9.60. The van der Waals surface area contributed by atoms with Crippen molar-refractivity contribution in [1.82, 2.24) is 35.2 Å². The zero-order valence-electron chi connectivity index (χ0n) is 20.1. The first-order valence-corrected chi connectivity index (χ1v) is 12.2. The number of aliphatic hydroxyl groups is 1. The number of aromatic amines is 1. The van der Waals surface area contributed by atoms with Crippen LogP contribution in [0.5, 0.6) is 0 Å². The van der Waals surface area contributed by atoms with Crippen LogP contribution in [0, 0.1) is 6.92 Å². The van der Waals surface area contributed by atoms with E-state index < -0.39 is 6.10 Å². The van der Waals surface area contributed by atoms with Gasteiger partial charge in [0.05, 0.1) is 23.4 Å². The molecule has 1 fully saturated rings. The molecule has 2 aliphatic heterocycles. The molecule has 0 bridgehead atoms. The van der Waals surface area contributed by atoms with Crippen LogP contribution < -0.4 is 5.32 Å². The minimum Gasteiger partial charge on any atom is -0.391 e. The van der Waals surface area contributed by atoms with Crippen molar-refractivity contribution in [2.75, 3.05) is 25.0 Å². The average Bonchev–Trinajstić information content (AvgIpc) is 3.36. The number of amides is 1. The van der Waals surface area contributed by atoms with Gasteiger partial charge in [0, 0.05) is 55.6 Å². The van der Waals surface area contributed by atoms with Gasteiger partial charge in [-0.3, -0.25) is 14.8 Å². The molecule has 2 atom stereocenters. The van der Waals surface area contributed by atoms with Gasteiger partial charge in [-0.2, -0.15) is 0 Å². The summed E-state index contributed by atoms with van der Waals surface area (Å²) < 4.78 is 0. The van der Waals surface area contributed by atoms with Crippen molar-refractivity contribution in [2.45, 2.75) is 38.5 Å². The minimum absolute atomic E-state index is 0.0515. The number of nitrogens with zero attached hydrogens (tertiary/aromatic N) is 6. The minimum atomic E-state index is -0.489. The topological polar surface area (TPSA) is 123 Å². The molecule has 1 amide bonds. The van der Waals surface area contributed by atoms with Gasteiger partial charge in [0.15, 0.2) is 0 Å². The fourth-order valence-corrected chi connectivity index (χ4v) is 5.15. The van der Waals surface area contributed by atoms with E-state index in [0.717, 1.165) is 35.4 Å². The third-order valence-corrected chi connectivity index (χ3v) is 7.11. The highest BCUT2D eigenvalue weighted by atomic mass is 16.3. The first kappa shape index (κ1) is 22.6. The van der Waals surface area contributed by atoms with Crippen LogP contribution in [0.15, 0.2) is 48.7 Å². The first-order chi connectivity index (χ1) is 17.5. The number of aryl methyl sites for hydroxylation is 1. The van der Waals surface area contributed by atoms with Gasteiger partial charge in [0.2, 0.25) is 5.95 Å². The smallest absolute Gasteiger partial charge is 0.253 e. The molecular weight excluding hydrogens is 456 g/mol. The molecule has 0 spiro atoms. The van der Waals surface area contributed by atoms with Gasteiger partial charge in [-0.25, -0.2) is 9.97 Å². The largest absolute Gasteiger partial charge is 0.391 e. The summed E-state index contributed by atoms with van der Waals surface area (Å²) in [5, 5.41) is 24.7. The number of H-pyrrole nitrogens is 1. The van der Waals surface area contributed by atoms with Gasteiger partial charge in [-0.05, 0) is 49.2 Å². The molecule has 0 saturated carbocycles. The SMILES string of the molecule is Cc1cccc(Nc2ncc3c(n2)CCN(C2CN(C(=O)c4ccc5[nH]nnc5c4)CCC2O)C3)c1. The van der Waals surface area contributed by atoms with Crippen molar-refractivity contribution in [2.24, 2.45) is 0 Å². The van der Waals surface area contributed by atoms with E-state index in [1.165, 1.54) is 5.56 Å². The van der Waals surface area contributed by atoms with Crippen LogP contribution in [0.2, 0.25) is 0 Å². The molecule has 2 aromatic heterocycles. The van der Waals surface area contributed by atoms with Gasteiger partial charge in [0.25, 0.3) is 5.91 Å². The van der Waals surface area contributed by atoms with Gasteiger partial charge in [0.1, 0.15) is 5.52 Å². The van der Waals surface area contributed by atoms with Crippen LogP contribution in [0.4, 0.5) is 11.6 Å². The van der Waals surface area contributed by atoms with E-state index >= 15 is 0 Å². The van der Waals surface area contributed by atoms with E-state index in [2.05, 4.69) is 49.7 Å². The van der Waals surface area contributed by atoms with Gasteiger partial charge in [-0.1, -0.05) is 17.3 Å². The number of benzene rings is 2. The lowest BCUT2D eigenvalue weighted by Gasteiger charge is -2.43. The predicted octanol–water partition coefficient (Wildman–Crippen LogP) is 2.43. The zero-order chi connectivity index (χ0) is 24.6. The van der Waals surface area contributed by atoms with Crippen molar-refractivity contribution in [3.63, 3.8) is 0 Å². The summed E-state index contributed by atoms with van der Waals surface area (Å²) in [6.45, 7) is 4.46. The Kier molecular flexibility index (Phi) is 5.82. The molecule has 0 radical (unpaired) electrons. The number of rotatable bonds is 4. The summed E-state index contributed by atoms with van der Waals surface area (Å²) in [7, 11) is 0. The molecular formula is C26H28N8O2. The summed E-state index contributed by atoms with van der Waals surface area (Å²) in [6, 6.07) is 13.4.